The van der Waals surface area contributed by atoms with Gasteiger partial charge in [-0.1, -0.05) is 12.1 Å². The molecule has 2 fully saturated rings. The average molecular weight is 523 g/mol. The molecular formula is C21H30IN7O. The number of aliphatic imine (C=N–C) groups is 1. The second-order valence-electron chi connectivity index (χ2n) is 7.19. The maximum atomic E-state index is 5.43. The van der Waals surface area contributed by atoms with Gasteiger partial charge in [0.25, 0.3) is 0 Å². The number of halogens is 1. The highest BCUT2D eigenvalue weighted by Gasteiger charge is 2.21. The highest BCUT2D eigenvalue weighted by molar-refractivity contribution is 14.0. The second-order valence-corrected chi connectivity index (χ2v) is 7.19. The van der Waals surface area contributed by atoms with Crippen LogP contribution in [0.3, 0.4) is 0 Å². The molecule has 0 saturated carbocycles. The van der Waals surface area contributed by atoms with Crippen LogP contribution in [0.2, 0.25) is 0 Å². The number of nitrogens with zero attached hydrogens (tertiary/aromatic N) is 6. The fourth-order valence-corrected chi connectivity index (χ4v) is 3.73. The molecule has 4 rings (SSSR count). The first-order chi connectivity index (χ1) is 14.3. The number of hydrogen-bond donors (Lipinski definition) is 1. The van der Waals surface area contributed by atoms with Crippen molar-refractivity contribution < 1.29 is 4.74 Å². The molecule has 9 heteroatoms. The predicted molar refractivity (Wildman–Crippen MR) is 131 cm³/mol. The number of hydrogen-bond acceptors (Lipinski definition) is 6. The molecule has 0 unspecified atom stereocenters. The summed E-state index contributed by atoms with van der Waals surface area (Å²) in [6.07, 6.45) is 3.58. The van der Waals surface area contributed by atoms with Crippen LogP contribution >= 0.6 is 24.0 Å². The Morgan fingerprint density at radius 3 is 2.27 bits per heavy atom. The molecule has 0 radical (unpaired) electrons. The quantitative estimate of drug-likeness (QED) is 0.373. The fourth-order valence-electron chi connectivity index (χ4n) is 3.73. The molecule has 2 aliphatic heterocycles. The predicted octanol–water partition coefficient (Wildman–Crippen LogP) is 1.83. The minimum absolute atomic E-state index is 0. The van der Waals surface area contributed by atoms with Crippen LogP contribution in [0.1, 0.15) is 5.56 Å². The van der Waals surface area contributed by atoms with E-state index >= 15 is 0 Å². The van der Waals surface area contributed by atoms with Crippen molar-refractivity contribution in [3.63, 3.8) is 0 Å². The van der Waals surface area contributed by atoms with E-state index in [4.69, 9.17) is 4.74 Å². The van der Waals surface area contributed by atoms with Gasteiger partial charge in [-0.25, -0.2) is 9.97 Å². The lowest BCUT2D eigenvalue weighted by Gasteiger charge is -2.36. The van der Waals surface area contributed by atoms with Crippen LogP contribution in [-0.4, -0.2) is 80.4 Å². The average Bonchev–Trinajstić information content (AvgIpc) is 2.81. The first kappa shape index (κ1) is 22.5. The topological polar surface area (TPSA) is 69.1 Å². The van der Waals surface area contributed by atoms with Crippen molar-refractivity contribution >= 4 is 41.6 Å². The number of guanidine groups is 1. The number of rotatable bonds is 4. The summed E-state index contributed by atoms with van der Waals surface area (Å²) in [6, 6.07) is 10.6. The third kappa shape index (κ3) is 5.72. The van der Waals surface area contributed by atoms with Gasteiger partial charge in [0.15, 0.2) is 5.96 Å². The number of piperazine rings is 1. The summed E-state index contributed by atoms with van der Waals surface area (Å²) in [5, 5.41) is 3.50. The standard InChI is InChI=1S/C21H29N7O.HI/c1-22-20(27-9-11-28(12-10-27)21-23-7-2-8-24-21)25-17-18-3-5-19(6-4-18)26-13-15-29-16-14-26;/h2-8H,9-17H2,1H3,(H,22,25);1H. The van der Waals surface area contributed by atoms with Crippen LogP contribution in [0.5, 0.6) is 0 Å². The molecular weight excluding hydrogens is 493 g/mol. The molecule has 1 aromatic heterocycles. The molecule has 2 aromatic rings. The molecule has 0 amide bonds. The van der Waals surface area contributed by atoms with Crippen molar-refractivity contribution in [3.8, 4) is 0 Å². The van der Waals surface area contributed by atoms with Gasteiger partial charge in [0, 0.05) is 70.9 Å². The van der Waals surface area contributed by atoms with Crippen LogP contribution in [0.25, 0.3) is 0 Å². The molecule has 2 aliphatic rings. The zero-order valence-electron chi connectivity index (χ0n) is 17.4. The molecule has 8 nitrogen and oxygen atoms in total. The molecule has 30 heavy (non-hydrogen) atoms. The summed E-state index contributed by atoms with van der Waals surface area (Å²) in [5.74, 6) is 1.74. The Morgan fingerprint density at radius 2 is 1.63 bits per heavy atom. The lowest BCUT2D eigenvalue weighted by atomic mass is 10.2. The summed E-state index contributed by atoms with van der Waals surface area (Å²) in [4.78, 5) is 20.1. The Bertz CT molecular complexity index is 789. The maximum Gasteiger partial charge on any atom is 0.225 e. The van der Waals surface area contributed by atoms with Gasteiger partial charge >= 0.3 is 0 Å². The summed E-state index contributed by atoms with van der Waals surface area (Å²) in [7, 11) is 1.84. The summed E-state index contributed by atoms with van der Waals surface area (Å²) < 4.78 is 5.43. The van der Waals surface area contributed by atoms with Crippen molar-refractivity contribution in [2.75, 3.05) is 69.3 Å². The van der Waals surface area contributed by atoms with E-state index in [1.807, 2.05) is 13.1 Å². The fraction of sp³-hybridized carbons (Fsp3) is 0.476. The van der Waals surface area contributed by atoms with E-state index in [2.05, 4.69) is 59.2 Å². The smallest absolute Gasteiger partial charge is 0.225 e. The van der Waals surface area contributed by atoms with Gasteiger partial charge in [0.1, 0.15) is 0 Å². The number of morpholine rings is 1. The molecule has 1 N–H and O–H groups in total. The highest BCUT2D eigenvalue weighted by atomic mass is 127. The molecule has 3 heterocycles. The summed E-state index contributed by atoms with van der Waals surface area (Å²) in [5.41, 5.74) is 2.51. The van der Waals surface area contributed by atoms with Gasteiger partial charge in [-0.2, -0.15) is 0 Å². The van der Waals surface area contributed by atoms with Gasteiger partial charge in [0.2, 0.25) is 5.95 Å². The summed E-state index contributed by atoms with van der Waals surface area (Å²) >= 11 is 0. The number of aromatic nitrogens is 2. The van der Waals surface area contributed by atoms with Crippen LogP contribution in [-0.2, 0) is 11.3 Å². The van der Waals surface area contributed by atoms with Crippen molar-refractivity contribution in [2.24, 2.45) is 4.99 Å². The molecule has 0 aliphatic carbocycles. The summed E-state index contributed by atoms with van der Waals surface area (Å²) in [6.45, 7) is 7.87. The Hall–Kier alpha value is -2.14. The van der Waals surface area contributed by atoms with Gasteiger partial charge in [0.05, 0.1) is 13.2 Å². The lowest BCUT2D eigenvalue weighted by Crippen LogP contribution is -2.52. The minimum atomic E-state index is 0. The Balaban J connectivity index is 0.00000256. The normalized spacial score (nSPS) is 17.5. The third-order valence-corrected chi connectivity index (χ3v) is 5.39. The second kappa shape index (κ2) is 11.3. The largest absolute Gasteiger partial charge is 0.378 e. The van der Waals surface area contributed by atoms with E-state index in [-0.39, 0.29) is 24.0 Å². The van der Waals surface area contributed by atoms with Crippen LogP contribution in [0.15, 0.2) is 47.7 Å². The van der Waals surface area contributed by atoms with Crippen LogP contribution < -0.4 is 15.1 Å². The zero-order chi connectivity index (χ0) is 19.9. The lowest BCUT2D eigenvalue weighted by molar-refractivity contribution is 0.122. The van der Waals surface area contributed by atoms with Gasteiger partial charge < -0.3 is 24.8 Å². The van der Waals surface area contributed by atoms with Crippen LogP contribution in [0.4, 0.5) is 11.6 Å². The number of benzene rings is 1. The molecule has 0 spiro atoms. The SMILES string of the molecule is CN=C(NCc1ccc(N2CCOCC2)cc1)N1CCN(c2ncccn2)CC1.I. The number of ether oxygens (including phenoxy) is 1. The zero-order valence-corrected chi connectivity index (χ0v) is 19.7. The Kier molecular flexibility index (Phi) is 8.50. The first-order valence-corrected chi connectivity index (χ1v) is 10.2. The third-order valence-electron chi connectivity index (χ3n) is 5.39. The van der Waals surface area contributed by atoms with E-state index in [0.717, 1.165) is 70.9 Å². The van der Waals surface area contributed by atoms with E-state index in [9.17, 15) is 0 Å². The molecule has 0 bridgehead atoms. The van der Waals surface area contributed by atoms with Crippen LogP contribution in [0, 0.1) is 0 Å². The molecule has 0 atom stereocenters. The van der Waals surface area contributed by atoms with Gasteiger partial charge in [-0.05, 0) is 23.8 Å². The Morgan fingerprint density at radius 1 is 0.967 bits per heavy atom. The van der Waals surface area contributed by atoms with Crippen molar-refractivity contribution in [1.82, 2.24) is 20.2 Å². The van der Waals surface area contributed by atoms with E-state index in [1.165, 1.54) is 11.3 Å². The van der Waals surface area contributed by atoms with Gasteiger partial charge in [-0.3, -0.25) is 4.99 Å². The van der Waals surface area contributed by atoms with Crippen molar-refractivity contribution in [1.29, 1.82) is 0 Å². The van der Waals surface area contributed by atoms with E-state index < -0.39 is 0 Å². The van der Waals surface area contributed by atoms with E-state index in [1.54, 1.807) is 12.4 Å². The number of anilines is 2. The number of nitrogens with one attached hydrogen (secondary N) is 1. The maximum absolute atomic E-state index is 5.43. The monoisotopic (exact) mass is 523 g/mol. The molecule has 2 saturated heterocycles. The van der Waals surface area contributed by atoms with Crippen molar-refractivity contribution in [2.45, 2.75) is 6.54 Å². The highest BCUT2D eigenvalue weighted by Crippen LogP contribution is 2.17. The Labute approximate surface area is 195 Å². The minimum Gasteiger partial charge on any atom is -0.378 e. The molecule has 1 aromatic carbocycles. The van der Waals surface area contributed by atoms with Gasteiger partial charge in [-0.15, -0.1) is 24.0 Å². The van der Waals surface area contributed by atoms with E-state index in [0.29, 0.717) is 0 Å². The van der Waals surface area contributed by atoms with Crippen molar-refractivity contribution in [3.05, 3.63) is 48.3 Å². The molecule has 162 valence electrons. The first-order valence-electron chi connectivity index (χ1n) is 10.2.